The van der Waals surface area contributed by atoms with Crippen LogP contribution in [0.25, 0.3) is 0 Å². The summed E-state index contributed by atoms with van der Waals surface area (Å²) in [4.78, 5) is 23.4. The zero-order valence-corrected chi connectivity index (χ0v) is 16.6. The van der Waals surface area contributed by atoms with Crippen LogP contribution in [0.1, 0.15) is 22.8 Å². The van der Waals surface area contributed by atoms with Crippen LogP contribution in [-0.4, -0.2) is 18.5 Å². The predicted molar refractivity (Wildman–Crippen MR) is 115 cm³/mol. The molecule has 4 N–H and O–H groups in total. The fraction of sp³-hybridized carbons (Fsp3) is 0.130. The van der Waals surface area contributed by atoms with Crippen molar-refractivity contribution in [2.24, 2.45) is 5.73 Å². The van der Waals surface area contributed by atoms with Gasteiger partial charge in [0.2, 0.25) is 0 Å². The van der Waals surface area contributed by atoms with Gasteiger partial charge in [0.05, 0.1) is 12.3 Å². The predicted octanol–water partition coefficient (Wildman–Crippen LogP) is 4.30. The molecule has 0 aliphatic rings. The van der Waals surface area contributed by atoms with Crippen molar-refractivity contribution < 1.29 is 19.1 Å². The molecule has 30 heavy (non-hydrogen) atoms. The summed E-state index contributed by atoms with van der Waals surface area (Å²) in [5.74, 6) is 1.65. The maximum atomic E-state index is 12.6. The smallest absolute Gasteiger partial charge is 0.312 e. The molecule has 0 spiro atoms. The molecule has 0 aromatic heterocycles. The van der Waals surface area contributed by atoms with Gasteiger partial charge in [-0.05, 0) is 61.0 Å². The number of rotatable bonds is 8. The summed E-state index contributed by atoms with van der Waals surface area (Å²) >= 11 is 0. The van der Waals surface area contributed by atoms with E-state index in [1.165, 1.54) is 0 Å². The third-order valence-electron chi connectivity index (χ3n) is 4.18. The third-order valence-corrected chi connectivity index (χ3v) is 4.18. The summed E-state index contributed by atoms with van der Waals surface area (Å²) in [7, 11) is 0. The fourth-order valence-corrected chi connectivity index (χ4v) is 2.71. The number of hydrogen-bond donors (Lipinski definition) is 3. The van der Waals surface area contributed by atoms with Gasteiger partial charge in [-0.2, -0.15) is 0 Å². The molecule has 154 valence electrons. The molecule has 0 atom stereocenters. The van der Waals surface area contributed by atoms with Crippen LogP contribution in [0, 0.1) is 0 Å². The molecule has 0 unspecified atom stereocenters. The van der Waals surface area contributed by atoms with Crippen LogP contribution in [-0.2, 0) is 6.54 Å². The molecule has 7 heteroatoms. The Balaban J connectivity index is 1.68. The van der Waals surface area contributed by atoms with Crippen LogP contribution in [0.2, 0.25) is 0 Å². The van der Waals surface area contributed by atoms with Gasteiger partial charge in [0.15, 0.2) is 5.75 Å². The Labute approximate surface area is 174 Å². The Morgan fingerprint density at radius 2 is 1.57 bits per heavy atom. The van der Waals surface area contributed by atoms with Crippen molar-refractivity contribution in [2.45, 2.75) is 13.5 Å². The van der Waals surface area contributed by atoms with E-state index >= 15 is 0 Å². The molecular formula is C23H23N3O4. The largest absolute Gasteiger partial charge is 0.494 e. The van der Waals surface area contributed by atoms with Gasteiger partial charge in [0.25, 0.3) is 5.91 Å². The summed E-state index contributed by atoms with van der Waals surface area (Å²) < 4.78 is 11.4. The lowest BCUT2D eigenvalue weighted by molar-refractivity contribution is 0.102. The molecule has 0 bridgehead atoms. The Morgan fingerprint density at radius 1 is 0.900 bits per heavy atom. The van der Waals surface area contributed by atoms with E-state index in [0.29, 0.717) is 35.9 Å². The summed E-state index contributed by atoms with van der Waals surface area (Å²) in [6, 6.07) is 20.8. The van der Waals surface area contributed by atoms with Crippen molar-refractivity contribution in [2.75, 3.05) is 11.9 Å². The van der Waals surface area contributed by atoms with E-state index < -0.39 is 6.03 Å². The first-order valence-electron chi connectivity index (χ1n) is 9.48. The van der Waals surface area contributed by atoms with Gasteiger partial charge in [-0.25, -0.2) is 4.79 Å². The SMILES string of the molecule is CCOc1ccc(Oc2ccccc2NC(=O)c2ccc(CNC(N)=O)cc2)cc1. The monoisotopic (exact) mass is 405 g/mol. The van der Waals surface area contributed by atoms with E-state index in [-0.39, 0.29) is 5.91 Å². The summed E-state index contributed by atoms with van der Waals surface area (Å²) in [5.41, 5.74) is 6.93. The van der Waals surface area contributed by atoms with Crippen LogP contribution in [0.15, 0.2) is 72.8 Å². The van der Waals surface area contributed by atoms with E-state index in [9.17, 15) is 9.59 Å². The first-order valence-corrected chi connectivity index (χ1v) is 9.48. The summed E-state index contributed by atoms with van der Waals surface area (Å²) in [6.45, 7) is 2.82. The minimum Gasteiger partial charge on any atom is -0.494 e. The number of para-hydroxylation sites is 2. The lowest BCUT2D eigenvalue weighted by atomic mass is 10.1. The quantitative estimate of drug-likeness (QED) is 0.520. The van der Waals surface area contributed by atoms with E-state index in [2.05, 4.69) is 10.6 Å². The number of benzene rings is 3. The number of anilines is 1. The zero-order valence-electron chi connectivity index (χ0n) is 16.6. The van der Waals surface area contributed by atoms with Gasteiger partial charge in [-0.15, -0.1) is 0 Å². The van der Waals surface area contributed by atoms with Gasteiger partial charge >= 0.3 is 6.03 Å². The molecule has 3 aromatic carbocycles. The van der Waals surface area contributed by atoms with E-state index in [1.54, 1.807) is 36.4 Å². The molecule has 0 radical (unpaired) electrons. The third kappa shape index (κ3) is 5.75. The van der Waals surface area contributed by atoms with Crippen molar-refractivity contribution in [3.63, 3.8) is 0 Å². The normalized spacial score (nSPS) is 10.2. The minimum absolute atomic E-state index is 0.271. The topological polar surface area (TPSA) is 103 Å². The standard InChI is InChI=1S/C23H23N3O4/c1-2-29-18-11-13-19(14-12-18)30-21-6-4-3-5-20(21)26-22(27)17-9-7-16(8-10-17)15-25-23(24)28/h3-14H,2,15H2,1H3,(H,26,27)(H3,24,25,28). The molecule has 3 aromatic rings. The molecule has 0 saturated carbocycles. The molecule has 0 aliphatic heterocycles. The number of amides is 3. The van der Waals surface area contributed by atoms with Crippen molar-refractivity contribution in [1.82, 2.24) is 5.32 Å². The average molecular weight is 405 g/mol. The average Bonchev–Trinajstić information content (AvgIpc) is 2.75. The molecule has 0 aliphatic carbocycles. The van der Waals surface area contributed by atoms with Crippen LogP contribution in [0.4, 0.5) is 10.5 Å². The Morgan fingerprint density at radius 3 is 2.23 bits per heavy atom. The first-order chi connectivity index (χ1) is 14.5. The van der Waals surface area contributed by atoms with Crippen molar-refractivity contribution >= 4 is 17.6 Å². The van der Waals surface area contributed by atoms with Crippen LogP contribution >= 0.6 is 0 Å². The second kappa shape index (κ2) is 9.97. The Hall–Kier alpha value is -4.00. The van der Waals surface area contributed by atoms with Gasteiger partial charge in [0.1, 0.15) is 11.5 Å². The molecule has 7 nitrogen and oxygen atoms in total. The number of hydrogen-bond acceptors (Lipinski definition) is 4. The van der Waals surface area contributed by atoms with Crippen LogP contribution in [0.5, 0.6) is 17.2 Å². The number of nitrogens with two attached hydrogens (primary N) is 1. The summed E-state index contributed by atoms with van der Waals surface area (Å²) in [5, 5.41) is 5.38. The first kappa shape index (κ1) is 20.7. The molecule has 0 saturated heterocycles. The van der Waals surface area contributed by atoms with Crippen molar-refractivity contribution in [3.05, 3.63) is 83.9 Å². The lowest BCUT2D eigenvalue weighted by Crippen LogP contribution is -2.28. The zero-order chi connectivity index (χ0) is 21.3. The second-order valence-electron chi connectivity index (χ2n) is 6.37. The lowest BCUT2D eigenvalue weighted by Gasteiger charge is -2.13. The van der Waals surface area contributed by atoms with E-state index in [0.717, 1.165) is 11.3 Å². The van der Waals surface area contributed by atoms with Crippen molar-refractivity contribution in [1.29, 1.82) is 0 Å². The van der Waals surface area contributed by atoms with Gasteiger partial charge in [-0.3, -0.25) is 4.79 Å². The molecule has 0 fully saturated rings. The molecule has 3 amide bonds. The fourth-order valence-electron chi connectivity index (χ4n) is 2.71. The van der Waals surface area contributed by atoms with Gasteiger partial charge in [-0.1, -0.05) is 24.3 Å². The van der Waals surface area contributed by atoms with Crippen molar-refractivity contribution in [3.8, 4) is 17.2 Å². The number of ether oxygens (including phenoxy) is 2. The highest BCUT2D eigenvalue weighted by atomic mass is 16.5. The number of carbonyl (C=O) groups is 2. The van der Waals surface area contributed by atoms with Crippen LogP contribution < -0.4 is 25.8 Å². The maximum Gasteiger partial charge on any atom is 0.312 e. The number of primary amides is 1. The number of carbonyl (C=O) groups excluding carboxylic acids is 2. The number of urea groups is 1. The highest BCUT2D eigenvalue weighted by Gasteiger charge is 2.11. The van der Waals surface area contributed by atoms with E-state index in [1.807, 2.05) is 43.3 Å². The minimum atomic E-state index is -0.596. The highest BCUT2D eigenvalue weighted by Crippen LogP contribution is 2.30. The highest BCUT2D eigenvalue weighted by molar-refractivity contribution is 6.05. The molecule has 3 rings (SSSR count). The van der Waals surface area contributed by atoms with Crippen LogP contribution in [0.3, 0.4) is 0 Å². The Bertz CT molecular complexity index is 1000. The van der Waals surface area contributed by atoms with E-state index in [4.69, 9.17) is 15.2 Å². The maximum absolute atomic E-state index is 12.6. The number of nitrogens with one attached hydrogen (secondary N) is 2. The molecule has 0 heterocycles. The van der Waals surface area contributed by atoms with Gasteiger partial charge < -0.3 is 25.8 Å². The van der Waals surface area contributed by atoms with Gasteiger partial charge in [0, 0.05) is 12.1 Å². The Kier molecular flexibility index (Phi) is 6.89. The molecular weight excluding hydrogens is 382 g/mol. The summed E-state index contributed by atoms with van der Waals surface area (Å²) in [6.07, 6.45) is 0. The second-order valence-corrected chi connectivity index (χ2v) is 6.37.